The topological polar surface area (TPSA) is 51.6 Å². The summed E-state index contributed by atoms with van der Waals surface area (Å²) in [6, 6.07) is 11.0. The first-order valence-electron chi connectivity index (χ1n) is 6.24. The Balaban J connectivity index is 2.23. The fraction of sp³-hybridized carbons (Fsp3) is 0.188. The van der Waals surface area contributed by atoms with E-state index in [4.69, 9.17) is 9.47 Å². The number of benzene rings is 1. The summed E-state index contributed by atoms with van der Waals surface area (Å²) in [6.45, 7) is 0. The van der Waals surface area contributed by atoms with Gasteiger partial charge in [-0.2, -0.15) is 0 Å². The van der Waals surface area contributed by atoms with E-state index in [1.54, 1.807) is 38.6 Å². The van der Waals surface area contributed by atoms with Gasteiger partial charge in [0.1, 0.15) is 6.10 Å². The molecule has 20 heavy (non-hydrogen) atoms. The predicted octanol–water partition coefficient (Wildman–Crippen LogP) is 2.85. The average molecular weight is 271 g/mol. The molecule has 1 aromatic carbocycles. The van der Waals surface area contributed by atoms with Gasteiger partial charge in [0.25, 0.3) is 0 Å². The Bertz CT molecular complexity index is 582. The molecule has 0 saturated carbocycles. The van der Waals surface area contributed by atoms with Crippen molar-refractivity contribution in [3.8, 4) is 11.5 Å². The van der Waals surface area contributed by atoms with Crippen LogP contribution in [0.2, 0.25) is 0 Å². The average Bonchev–Trinajstić information content (AvgIpc) is 2.52. The highest BCUT2D eigenvalue weighted by molar-refractivity contribution is 5.62. The quantitative estimate of drug-likeness (QED) is 0.908. The number of nitrogens with zero attached hydrogens (tertiary/aromatic N) is 1. The number of para-hydroxylation sites is 1. The first kappa shape index (κ1) is 14.1. The maximum atomic E-state index is 10.1. The van der Waals surface area contributed by atoms with E-state index in [2.05, 4.69) is 4.98 Å². The molecule has 0 aliphatic rings. The van der Waals surface area contributed by atoms with Gasteiger partial charge in [-0.25, -0.2) is 0 Å². The molecule has 4 nitrogen and oxygen atoms in total. The van der Waals surface area contributed by atoms with Gasteiger partial charge in [0.05, 0.1) is 19.9 Å². The third-order valence-corrected chi connectivity index (χ3v) is 2.88. The zero-order valence-corrected chi connectivity index (χ0v) is 11.5. The van der Waals surface area contributed by atoms with Crippen LogP contribution in [0.15, 0.2) is 48.7 Å². The number of hydrogen-bond donors (Lipinski definition) is 1. The molecule has 4 heteroatoms. The van der Waals surface area contributed by atoms with Crippen molar-refractivity contribution in [3.63, 3.8) is 0 Å². The molecule has 0 fully saturated rings. The Hall–Kier alpha value is -2.33. The molecular weight excluding hydrogens is 254 g/mol. The van der Waals surface area contributed by atoms with Crippen LogP contribution < -0.4 is 9.47 Å². The Morgan fingerprint density at radius 1 is 1.10 bits per heavy atom. The van der Waals surface area contributed by atoms with Gasteiger partial charge in [-0.05, 0) is 24.3 Å². The monoisotopic (exact) mass is 271 g/mol. The number of aliphatic hydroxyl groups excluding tert-OH is 1. The first-order valence-corrected chi connectivity index (χ1v) is 6.24. The normalized spacial score (nSPS) is 12.3. The van der Waals surface area contributed by atoms with Crippen molar-refractivity contribution in [2.24, 2.45) is 0 Å². The molecule has 0 saturated heterocycles. The number of ether oxygens (including phenoxy) is 2. The number of methoxy groups -OCH3 is 2. The van der Waals surface area contributed by atoms with Crippen LogP contribution in [-0.2, 0) is 0 Å². The lowest BCUT2D eigenvalue weighted by Gasteiger charge is -2.10. The highest BCUT2D eigenvalue weighted by Crippen LogP contribution is 2.31. The number of pyridine rings is 1. The molecule has 0 unspecified atom stereocenters. The second-order valence-electron chi connectivity index (χ2n) is 4.14. The Morgan fingerprint density at radius 3 is 2.60 bits per heavy atom. The van der Waals surface area contributed by atoms with E-state index in [0.29, 0.717) is 17.2 Å². The van der Waals surface area contributed by atoms with Crippen LogP contribution in [0.4, 0.5) is 0 Å². The summed E-state index contributed by atoms with van der Waals surface area (Å²) in [6.07, 6.45) is 4.35. The molecule has 1 N–H and O–H groups in total. The molecule has 0 spiro atoms. The number of aromatic nitrogens is 1. The maximum Gasteiger partial charge on any atom is 0.167 e. The van der Waals surface area contributed by atoms with E-state index in [-0.39, 0.29) is 0 Å². The minimum atomic E-state index is -0.757. The summed E-state index contributed by atoms with van der Waals surface area (Å²) in [5.41, 5.74) is 1.44. The lowest BCUT2D eigenvalue weighted by Crippen LogP contribution is -1.96. The maximum absolute atomic E-state index is 10.1. The number of rotatable bonds is 5. The highest BCUT2D eigenvalue weighted by Gasteiger charge is 2.08. The fourth-order valence-corrected chi connectivity index (χ4v) is 1.89. The Morgan fingerprint density at radius 2 is 1.95 bits per heavy atom. The SMILES string of the molecule is COc1cccc(/C=C/[C@H](O)c2ccccn2)c1OC. The van der Waals surface area contributed by atoms with E-state index in [1.165, 1.54) is 0 Å². The minimum Gasteiger partial charge on any atom is -0.493 e. The second kappa shape index (κ2) is 6.73. The summed E-state index contributed by atoms with van der Waals surface area (Å²) < 4.78 is 10.6. The van der Waals surface area contributed by atoms with Crippen molar-refractivity contribution in [3.05, 3.63) is 59.9 Å². The summed E-state index contributed by atoms with van der Waals surface area (Å²) >= 11 is 0. The summed E-state index contributed by atoms with van der Waals surface area (Å²) in [4.78, 5) is 4.11. The van der Waals surface area contributed by atoms with Crippen LogP contribution in [0.25, 0.3) is 6.08 Å². The van der Waals surface area contributed by atoms with Gasteiger partial charge in [-0.1, -0.05) is 24.3 Å². The predicted molar refractivity (Wildman–Crippen MR) is 77.8 cm³/mol. The van der Waals surface area contributed by atoms with Crippen molar-refractivity contribution in [1.29, 1.82) is 0 Å². The van der Waals surface area contributed by atoms with Gasteiger partial charge in [0.15, 0.2) is 11.5 Å². The molecule has 104 valence electrons. The molecule has 1 aromatic heterocycles. The van der Waals surface area contributed by atoms with Crippen molar-refractivity contribution in [2.75, 3.05) is 14.2 Å². The van der Waals surface area contributed by atoms with E-state index >= 15 is 0 Å². The molecule has 1 atom stereocenters. The van der Waals surface area contributed by atoms with Crippen molar-refractivity contribution < 1.29 is 14.6 Å². The number of aliphatic hydroxyl groups is 1. The minimum absolute atomic E-state index is 0.602. The molecule has 0 bridgehead atoms. The van der Waals surface area contributed by atoms with Crippen LogP contribution in [0, 0.1) is 0 Å². The van der Waals surface area contributed by atoms with Crippen molar-refractivity contribution in [2.45, 2.75) is 6.10 Å². The molecule has 1 heterocycles. The summed E-state index contributed by atoms with van der Waals surface area (Å²) in [5.74, 6) is 1.29. The van der Waals surface area contributed by atoms with Crippen LogP contribution in [0.5, 0.6) is 11.5 Å². The van der Waals surface area contributed by atoms with Gasteiger partial charge in [0.2, 0.25) is 0 Å². The highest BCUT2D eigenvalue weighted by atomic mass is 16.5. The third kappa shape index (κ3) is 3.16. The van der Waals surface area contributed by atoms with E-state index < -0.39 is 6.10 Å². The standard InChI is InChI=1S/C16H17NO3/c1-19-15-8-5-6-12(16(15)20-2)9-10-14(18)13-7-3-4-11-17-13/h3-11,14,18H,1-2H3/b10-9+/t14-/m0/s1. The van der Waals surface area contributed by atoms with Crippen LogP contribution in [0.3, 0.4) is 0 Å². The molecule has 0 amide bonds. The van der Waals surface area contributed by atoms with E-state index in [1.807, 2.05) is 30.3 Å². The lowest BCUT2D eigenvalue weighted by atomic mass is 10.1. The lowest BCUT2D eigenvalue weighted by molar-refractivity contribution is 0.224. The zero-order chi connectivity index (χ0) is 14.4. The zero-order valence-electron chi connectivity index (χ0n) is 11.5. The van der Waals surface area contributed by atoms with Gasteiger partial charge in [-0.15, -0.1) is 0 Å². The fourth-order valence-electron chi connectivity index (χ4n) is 1.89. The van der Waals surface area contributed by atoms with Gasteiger partial charge < -0.3 is 14.6 Å². The van der Waals surface area contributed by atoms with Crippen LogP contribution in [0.1, 0.15) is 17.4 Å². The second-order valence-corrected chi connectivity index (χ2v) is 4.14. The molecule has 0 radical (unpaired) electrons. The molecular formula is C16H17NO3. The smallest absolute Gasteiger partial charge is 0.167 e. The largest absolute Gasteiger partial charge is 0.493 e. The van der Waals surface area contributed by atoms with Gasteiger partial charge in [-0.3, -0.25) is 4.98 Å². The van der Waals surface area contributed by atoms with Crippen molar-refractivity contribution >= 4 is 6.08 Å². The number of hydrogen-bond acceptors (Lipinski definition) is 4. The molecule has 0 aliphatic carbocycles. The summed E-state index contributed by atoms with van der Waals surface area (Å²) in [5, 5.41) is 10.1. The third-order valence-electron chi connectivity index (χ3n) is 2.88. The summed E-state index contributed by atoms with van der Waals surface area (Å²) in [7, 11) is 3.18. The van der Waals surface area contributed by atoms with Gasteiger partial charge >= 0.3 is 0 Å². The molecule has 0 aliphatic heterocycles. The Labute approximate surface area is 118 Å². The van der Waals surface area contributed by atoms with E-state index in [9.17, 15) is 5.11 Å². The van der Waals surface area contributed by atoms with Crippen molar-refractivity contribution in [1.82, 2.24) is 4.98 Å². The van der Waals surface area contributed by atoms with Gasteiger partial charge in [0, 0.05) is 11.8 Å². The first-order chi connectivity index (χ1) is 9.76. The van der Waals surface area contributed by atoms with Crippen LogP contribution >= 0.6 is 0 Å². The Kier molecular flexibility index (Phi) is 4.74. The molecule has 2 aromatic rings. The van der Waals surface area contributed by atoms with E-state index in [0.717, 1.165) is 5.56 Å². The van der Waals surface area contributed by atoms with Crippen LogP contribution in [-0.4, -0.2) is 24.3 Å². The molecule has 2 rings (SSSR count).